The van der Waals surface area contributed by atoms with Crippen LogP contribution >= 0.6 is 11.3 Å². The van der Waals surface area contributed by atoms with Gasteiger partial charge in [0.2, 0.25) is 0 Å². The van der Waals surface area contributed by atoms with E-state index in [0.717, 1.165) is 33.8 Å². The van der Waals surface area contributed by atoms with Gasteiger partial charge in [-0.15, -0.1) is 11.3 Å². The number of carbonyl (C=O) groups excluding carboxylic acids is 1. The van der Waals surface area contributed by atoms with Crippen molar-refractivity contribution in [2.24, 2.45) is 0 Å². The smallest absolute Gasteiger partial charge is 0.338 e. The van der Waals surface area contributed by atoms with Crippen molar-refractivity contribution in [3.05, 3.63) is 72.3 Å². The van der Waals surface area contributed by atoms with E-state index in [-0.39, 0.29) is 12.0 Å². The van der Waals surface area contributed by atoms with Crippen LogP contribution in [-0.2, 0) is 4.74 Å². The summed E-state index contributed by atoms with van der Waals surface area (Å²) in [5.74, 6) is -0.309. The van der Waals surface area contributed by atoms with Crippen molar-refractivity contribution in [1.82, 2.24) is 19.4 Å². The average Bonchev–Trinajstić information content (AvgIpc) is 3.52. The van der Waals surface area contributed by atoms with Gasteiger partial charge >= 0.3 is 5.97 Å². The Morgan fingerprint density at radius 1 is 1.18 bits per heavy atom. The highest BCUT2D eigenvalue weighted by molar-refractivity contribution is 7.21. The number of nitrogens with zero attached hydrogens (tertiary/aromatic N) is 4. The maximum absolute atomic E-state index is 12.2. The minimum atomic E-state index is -0.309. The average molecular weight is 463 g/mol. The summed E-state index contributed by atoms with van der Waals surface area (Å²) in [7, 11) is 2.18. The number of ether oxygens (including phenoxy) is 1. The van der Waals surface area contributed by atoms with E-state index in [0.29, 0.717) is 18.2 Å². The maximum atomic E-state index is 12.2. The van der Waals surface area contributed by atoms with Crippen LogP contribution in [0, 0.1) is 0 Å². The number of carbonyl (C=O) groups is 1. The Balaban J connectivity index is 1.73. The molecule has 2 unspecified atom stereocenters. The zero-order chi connectivity index (χ0) is 23.4. The predicted octanol–water partition coefficient (Wildman–Crippen LogP) is 5.66. The van der Waals surface area contributed by atoms with Gasteiger partial charge in [0.05, 0.1) is 34.8 Å². The zero-order valence-electron chi connectivity index (χ0n) is 19.6. The first-order valence-electron chi connectivity index (χ1n) is 11.4. The van der Waals surface area contributed by atoms with Gasteiger partial charge in [0.15, 0.2) is 0 Å². The summed E-state index contributed by atoms with van der Waals surface area (Å²) in [6.45, 7) is 7.58. The Hall–Kier alpha value is -3.03. The molecule has 0 radical (unpaired) electrons. The molecule has 7 heteroatoms. The second-order valence-electron chi connectivity index (χ2n) is 8.05. The van der Waals surface area contributed by atoms with Crippen LogP contribution in [0.1, 0.15) is 49.2 Å². The van der Waals surface area contributed by atoms with Crippen molar-refractivity contribution < 1.29 is 9.53 Å². The molecule has 0 spiro atoms. The Morgan fingerprint density at radius 3 is 2.73 bits per heavy atom. The summed E-state index contributed by atoms with van der Waals surface area (Å²) >= 11 is 1.64. The molecule has 2 aromatic carbocycles. The Labute approximate surface area is 198 Å². The van der Waals surface area contributed by atoms with Crippen molar-refractivity contribution in [2.45, 2.75) is 39.3 Å². The van der Waals surface area contributed by atoms with E-state index in [1.54, 1.807) is 17.4 Å². The number of aromatic nitrogens is 3. The largest absolute Gasteiger partial charge is 0.462 e. The number of esters is 1. The van der Waals surface area contributed by atoms with Crippen LogP contribution in [0.15, 0.2) is 61.2 Å². The molecule has 33 heavy (non-hydrogen) atoms. The number of thiazole rings is 1. The SMILES string of the molecule is CCOC(=O)c1cccc(-c2nc3ccc(C(C(CC)N(C)CC)n4ccnc4)cc3s2)c1. The molecule has 0 bridgehead atoms. The third-order valence-electron chi connectivity index (χ3n) is 6.07. The standard InChI is InChI=1S/C26H30N4O2S/c1-5-22(29(4)6-2)24(30-14-13-27-17-30)18-11-12-21-23(16-18)33-25(28-21)19-9-8-10-20(15-19)26(31)32-7-3/h8-17,22,24H,5-7H2,1-4H3. The van der Waals surface area contributed by atoms with Gasteiger partial charge < -0.3 is 14.2 Å². The summed E-state index contributed by atoms with van der Waals surface area (Å²) in [6, 6.07) is 14.5. The molecular formula is C26H30N4O2S. The summed E-state index contributed by atoms with van der Waals surface area (Å²) < 4.78 is 8.48. The van der Waals surface area contributed by atoms with Gasteiger partial charge in [-0.05, 0) is 56.8 Å². The molecule has 4 aromatic rings. The first-order chi connectivity index (χ1) is 16.0. The number of hydrogen-bond acceptors (Lipinski definition) is 6. The Bertz CT molecular complexity index is 1220. The molecule has 0 saturated heterocycles. The molecule has 0 aliphatic heterocycles. The number of hydrogen-bond donors (Lipinski definition) is 0. The van der Waals surface area contributed by atoms with Gasteiger partial charge in [0.1, 0.15) is 5.01 Å². The normalized spacial score (nSPS) is 13.4. The van der Waals surface area contributed by atoms with Crippen LogP contribution in [0.2, 0.25) is 0 Å². The third kappa shape index (κ3) is 4.84. The van der Waals surface area contributed by atoms with Gasteiger partial charge in [-0.25, -0.2) is 14.8 Å². The number of likely N-dealkylation sites (N-methyl/N-ethyl adjacent to an activating group) is 1. The fraction of sp³-hybridized carbons (Fsp3) is 0.346. The highest BCUT2D eigenvalue weighted by atomic mass is 32.1. The molecule has 0 amide bonds. The molecule has 4 rings (SSSR count). The van der Waals surface area contributed by atoms with E-state index in [9.17, 15) is 4.79 Å². The van der Waals surface area contributed by atoms with E-state index < -0.39 is 0 Å². The molecule has 0 N–H and O–H groups in total. The van der Waals surface area contributed by atoms with Crippen molar-refractivity contribution >= 4 is 27.5 Å². The molecule has 0 aliphatic rings. The molecule has 2 heterocycles. The Kier molecular flexibility index (Phi) is 7.20. The molecule has 2 atom stereocenters. The van der Waals surface area contributed by atoms with E-state index >= 15 is 0 Å². The molecule has 6 nitrogen and oxygen atoms in total. The minimum absolute atomic E-state index is 0.157. The molecule has 0 aliphatic carbocycles. The maximum Gasteiger partial charge on any atom is 0.338 e. The van der Waals surface area contributed by atoms with Gasteiger partial charge in [-0.1, -0.05) is 32.0 Å². The highest BCUT2D eigenvalue weighted by Gasteiger charge is 2.26. The summed E-state index contributed by atoms with van der Waals surface area (Å²) in [5.41, 5.74) is 3.67. The van der Waals surface area contributed by atoms with E-state index in [1.165, 1.54) is 5.56 Å². The van der Waals surface area contributed by atoms with E-state index in [2.05, 4.69) is 53.5 Å². The van der Waals surface area contributed by atoms with Gasteiger partial charge in [-0.2, -0.15) is 0 Å². The predicted molar refractivity (Wildman–Crippen MR) is 134 cm³/mol. The molecule has 2 aromatic heterocycles. The van der Waals surface area contributed by atoms with Crippen molar-refractivity contribution in [3.8, 4) is 10.6 Å². The van der Waals surface area contributed by atoms with Crippen LogP contribution in [0.3, 0.4) is 0 Å². The zero-order valence-corrected chi connectivity index (χ0v) is 20.4. The molecular weight excluding hydrogens is 432 g/mol. The fourth-order valence-electron chi connectivity index (χ4n) is 4.28. The molecule has 0 saturated carbocycles. The summed E-state index contributed by atoms with van der Waals surface area (Å²) in [5, 5.41) is 0.894. The monoisotopic (exact) mass is 462 g/mol. The second-order valence-corrected chi connectivity index (χ2v) is 9.08. The highest BCUT2D eigenvalue weighted by Crippen LogP contribution is 2.35. The van der Waals surface area contributed by atoms with Crippen molar-refractivity contribution in [1.29, 1.82) is 0 Å². The lowest BCUT2D eigenvalue weighted by atomic mass is 9.95. The number of benzene rings is 2. The minimum Gasteiger partial charge on any atom is -0.462 e. The lowest BCUT2D eigenvalue weighted by Crippen LogP contribution is -2.39. The first kappa shape index (κ1) is 23.1. The van der Waals surface area contributed by atoms with Crippen LogP contribution in [0.25, 0.3) is 20.8 Å². The van der Waals surface area contributed by atoms with E-state index in [1.807, 2.05) is 43.8 Å². The van der Waals surface area contributed by atoms with Crippen LogP contribution in [0.5, 0.6) is 0 Å². The Morgan fingerprint density at radius 2 is 2.03 bits per heavy atom. The van der Waals surface area contributed by atoms with Crippen molar-refractivity contribution in [2.75, 3.05) is 20.2 Å². The number of rotatable bonds is 9. The number of fused-ring (bicyclic) bond motifs is 1. The number of imidazole rings is 1. The quantitative estimate of drug-likeness (QED) is 0.301. The van der Waals surface area contributed by atoms with Crippen LogP contribution in [-0.4, -0.2) is 51.6 Å². The lowest BCUT2D eigenvalue weighted by molar-refractivity contribution is 0.0526. The van der Waals surface area contributed by atoms with Gasteiger partial charge in [0, 0.05) is 24.0 Å². The van der Waals surface area contributed by atoms with Crippen molar-refractivity contribution in [3.63, 3.8) is 0 Å². The lowest BCUT2D eigenvalue weighted by Gasteiger charge is -2.34. The second kappa shape index (κ2) is 10.3. The van der Waals surface area contributed by atoms with Crippen LogP contribution < -0.4 is 0 Å². The molecule has 0 fully saturated rings. The summed E-state index contributed by atoms with van der Waals surface area (Å²) in [4.78, 5) is 23.7. The first-order valence-corrected chi connectivity index (χ1v) is 12.2. The topological polar surface area (TPSA) is 60.2 Å². The van der Waals surface area contributed by atoms with E-state index in [4.69, 9.17) is 9.72 Å². The van der Waals surface area contributed by atoms with Crippen LogP contribution in [0.4, 0.5) is 0 Å². The third-order valence-corrected chi connectivity index (χ3v) is 7.14. The van der Waals surface area contributed by atoms with Gasteiger partial charge in [-0.3, -0.25) is 0 Å². The summed E-state index contributed by atoms with van der Waals surface area (Å²) in [6.07, 6.45) is 6.81. The fourth-order valence-corrected chi connectivity index (χ4v) is 5.29. The van der Waals surface area contributed by atoms with Gasteiger partial charge in [0.25, 0.3) is 0 Å². The molecule has 172 valence electrons.